The number of nitro benzene ring substituents is 2. The van der Waals surface area contributed by atoms with Crippen molar-refractivity contribution in [2.45, 2.75) is 36.8 Å². The lowest BCUT2D eigenvalue weighted by atomic mass is 9.52. The first-order chi connectivity index (χ1) is 21.8. The number of hydrogen-bond donors (Lipinski definition) is 2. The molecule has 4 unspecified atom stereocenters. The van der Waals surface area contributed by atoms with Crippen molar-refractivity contribution in [3.05, 3.63) is 151 Å². The van der Waals surface area contributed by atoms with Gasteiger partial charge in [-0.05, 0) is 65.8 Å². The maximum atomic E-state index is 15.3. The van der Waals surface area contributed by atoms with Crippen molar-refractivity contribution in [1.29, 1.82) is 0 Å². The molecule has 4 aromatic rings. The Balaban J connectivity index is 1.48. The van der Waals surface area contributed by atoms with Crippen LogP contribution in [0.1, 0.15) is 53.5 Å². The number of carbonyl (C=O) groups is 2. The summed E-state index contributed by atoms with van der Waals surface area (Å²) in [5, 5.41) is 29.5. The normalized spacial score (nSPS) is 26.3. The van der Waals surface area contributed by atoms with E-state index < -0.39 is 32.8 Å². The van der Waals surface area contributed by atoms with Crippen molar-refractivity contribution < 1.29 is 19.4 Å². The fourth-order valence-corrected chi connectivity index (χ4v) is 7.78. The SMILES string of the molecule is O=C1Nc2ccccc2C12NC(c1ccccc1)C(c1ccc([N+](=O)[O-])cc1)C21CCC/C(=C\c2ccc([N+](=O)[O-])cc2)C1=O. The number of ketones is 1. The molecule has 10 nitrogen and oxygen atoms in total. The Morgan fingerprint density at radius 3 is 2.04 bits per heavy atom. The van der Waals surface area contributed by atoms with E-state index in [0.717, 1.165) is 5.56 Å². The first-order valence-electron chi connectivity index (χ1n) is 14.7. The Morgan fingerprint density at radius 2 is 1.38 bits per heavy atom. The summed E-state index contributed by atoms with van der Waals surface area (Å²) in [6.07, 6.45) is 3.24. The molecule has 1 amide bonds. The van der Waals surface area contributed by atoms with E-state index in [-0.39, 0.29) is 23.1 Å². The second-order valence-corrected chi connectivity index (χ2v) is 11.8. The lowest BCUT2D eigenvalue weighted by Crippen LogP contribution is -2.59. The number of rotatable bonds is 5. The highest BCUT2D eigenvalue weighted by Gasteiger charge is 2.74. The van der Waals surface area contributed by atoms with Gasteiger partial charge in [0, 0.05) is 47.5 Å². The number of Topliss-reactive ketones (excluding diaryl/α,β-unsaturated/α-hetero) is 1. The van der Waals surface area contributed by atoms with Crippen LogP contribution in [0, 0.1) is 25.6 Å². The smallest absolute Gasteiger partial charge is 0.269 e. The van der Waals surface area contributed by atoms with Gasteiger partial charge < -0.3 is 5.32 Å². The van der Waals surface area contributed by atoms with E-state index >= 15 is 4.79 Å². The highest BCUT2D eigenvalue weighted by molar-refractivity contribution is 6.15. The molecule has 2 spiro atoms. The first kappa shape index (κ1) is 28.3. The topological polar surface area (TPSA) is 144 Å². The number of amides is 1. The molecule has 0 bridgehead atoms. The number of allylic oxidation sites excluding steroid dienone is 1. The molecule has 2 heterocycles. The largest absolute Gasteiger partial charge is 0.324 e. The number of para-hydroxylation sites is 1. The van der Waals surface area contributed by atoms with Gasteiger partial charge in [-0.25, -0.2) is 0 Å². The number of nitrogens with one attached hydrogen (secondary N) is 2. The van der Waals surface area contributed by atoms with Gasteiger partial charge in [0.25, 0.3) is 11.4 Å². The maximum absolute atomic E-state index is 15.3. The van der Waals surface area contributed by atoms with Gasteiger partial charge >= 0.3 is 0 Å². The number of anilines is 1. The van der Waals surface area contributed by atoms with Gasteiger partial charge in [0.05, 0.1) is 15.3 Å². The lowest BCUT2D eigenvalue weighted by molar-refractivity contribution is -0.385. The number of nitrogens with zero attached hydrogens (tertiary/aromatic N) is 2. The van der Waals surface area contributed by atoms with E-state index in [2.05, 4.69) is 10.6 Å². The first-order valence-corrected chi connectivity index (χ1v) is 14.7. The van der Waals surface area contributed by atoms with Crippen LogP contribution >= 0.6 is 0 Å². The molecule has 7 rings (SSSR count). The zero-order valence-corrected chi connectivity index (χ0v) is 24.0. The summed E-state index contributed by atoms with van der Waals surface area (Å²) in [6, 6.07) is 28.9. The standard InChI is InChI=1S/C35H28N4O6/c40-32-25(21-22-12-16-26(17-13-22)38(42)43)9-6-20-34(32)30(23-14-18-27(19-15-23)39(44)45)31(24-7-2-1-3-8-24)37-35(34)28-10-4-5-11-29(28)36-33(35)41/h1-5,7-8,10-19,21,30-31,37H,6,9,20H2,(H,36,41)/b25-21+. The Hall–Kier alpha value is -5.48. The summed E-state index contributed by atoms with van der Waals surface area (Å²) in [4.78, 5) is 51.6. The number of nitro groups is 2. The van der Waals surface area contributed by atoms with Crippen LogP contribution in [0.2, 0.25) is 0 Å². The van der Waals surface area contributed by atoms with Crippen molar-refractivity contribution in [2.24, 2.45) is 5.41 Å². The van der Waals surface area contributed by atoms with E-state index in [1.807, 2.05) is 54.6 Å². The molecule has 2 N–H and O–H groups in total. The van der Waals surface area contributed by atoms with Crippen LogP contribution in [0.5, 0.6) is 0 Å². The lowest BCUT2D eigenvalue weighted by Gasteiger charge is -2.47. The van der Waals surface area contributed by atoms with Crippen LogP contribution in [-0.4, -0.2) is 21.5 Å². The fourth-order valence-electron chi connectivity index (χ4n) is 7.78. The van der Waals surface area contributed by atoms with E-state index in [1.54, 1.807) is 30.3 Å². The Labute approximate surface area is 258 Å². The van der Waals surface area contributed by atoms with Crippen LogP contribution < -0.4 is 10.6 Å². The minimum absolute atomic E-state index is 0.0503. The minimum atomic E-state index is -1.44. The molecule has 4 aromatic carbocycles. The molecule has 1 saturated carbocycles. The fraction of sp³-hybridized carbons (Fsp3) is 0.200. The third-order valence-corrected chi connectivity index (χ3v) is 9.61. The molecule has 1 saturated heterocycles. The summed E-state index contributed by atoms with van der Waals surface area (Å²) >= 11 is 0. The van der Waals surface area contributed by atoms with Crippen molar-refractivity contribution in [1.82, 2.24) is 5.32 Å². The maximum Gasteiger partial charge on any atom is 0.269 e. The molecular formula is C35H28N4O6. The molecule has 1 aliphatic carbocycles. The number of hydrogen-bond acceptors (Lipinski definition) is 7. The summed E-state index contributed by atoms with van der Waals surface area (Å²) < 4.78 is 0. The molecule has 4 atom stereocenters. The van der Waals surface area contributed by atoms with Gasteiger partial charge in [-0.15, -0.1) is 0 Å². The second kappa shape index (κ2) is 10.6. The van der Waals surface area contributed by atoms with E-state index in [1.165, 1.54) is 24.3 Å². The van der Waals surface area contributed by atoms with Crippen LogP contribution in [0.15, 0.2) is 109 Å². The molecule has 2 fully saturated rings. The van der Waals surface area contributed by atoms with Crippen LogP contribution in [0.25, 0.3) is 6.08 Å². The van der Waals surface area contributed by atoms with Crippen LogP contribution in [-0.2, 0) is 15.1 Å². The Kier molecular flexibility index (Phi) is 6.67. The monoisotopic (exact) mass is 600 g/mol. The number of carbonyl (C=O) groups excluding carboxylic acids is 2. The summed E-state index contributed by atoms with van der Waals surface area (Å²) in [7, 11) is 0. The van der Waals surface area contributed by atoms with Gasteiger partial charge in [0.15, 0.2) is 5.78 Å². The molecule has 45 heavy (non-hydrogen) atoms. The molecule has 0 radical (unpaired) electrons. The summed E-state index contributed by atoms with van der Waals surface area (Å²) in [5.41, 5.74) is 1.20. The highest BCUT2D eigenvalue weighted by Crippen LogP contribution is 2.67. The van der Waals surface area contributed by atoms with Crippen molar-refractivity contribution >= 4 is 34.8 Å². The third kappa shape index (κ3) is 4.21. The van der Waals surface area contributed by atoms with Crippen molar-refractivity contribution in [3.63, 3.8) is 0 Å². The molecule has 224 valence electrons. The third-order valence-electron chi connectivity index (χ3n) is 9.61. The molecular weight excluding hydrogens is 572 g/mol. The Morgan fingerprint density at radius 1 is 0.756 bits per heavy atom. The summed E-state index contributed by atoms with van der Waals surface area (Å²) in [5.74, 6) is -1.09. The van der Waals surface area contributed by atoms with E-state index in [9.17, 15) is 25.0 Å². The number of non-ortho nitro benzene ring substituents is 2. The zero-order valence-electron chi connectivity index (χ0n) is 24.0. The van der Waals surface area contributed by atoms with Crippen molar-refractivity contribution in [3.8, 4) is 0 Å². The van der Waals surface area contributed by atoms with Gasteiger partial charge in [-0.3, -0.25) is 35.1 Å². The second-order valence-electron chi connectivity index (χ2n) is 11.8. The predicted octanol–water partition coefficient (Wildman–Crippen LogP) is 6.60. The van der Waals surface area contributed by atoms with E-state index in [0.29, 0.717) is 47.2 Å². The average Bonchev–Trinajstić information content (AvgIpc) is 3.52. The molecule has 3 aliphatic rings. The molecule has 10 heteroatoms. The predicted molar refractivity (Wildman–Crippen MR) is 167 cm³/mol. The van der Waals surface area contributed by atoms with Gasteiger partial charge in [-0.2, -0.15) is 0 Å². The average molecular weight is 601 g/mol. The van der Waals surface area contributed by atoms with Gasteiger partial charge in [-0.1, -0.05) is 60.7 Å². The quantitative estimate of drug-likeness (QED) is 0.149. The number of fused-ring (bicyclic) bond motifs is 3. The van der Waals surface area contributed by atoms with Crippen LogP contribution in [0.4, 0.5) is 17.1 Å². The van der Waals surface area contributed by atoms with Crippen molar-refractivity contribution in [2.75, 3.05) is 5.32 Å². The van der Waals surface area contributed by atoms with E-state index in [4.69, 9.17) is 0 Å². The van der Waals surface area contributed by atoms with Gasteiger partial charge in [0.1, 0.15) is 5.54 Å². The molecule has 2 aliphatic heterocycles. The molecule has 0 aromatic heterocycles. The minimum Gasteiger partial charge on any atom is -0.324 e. The van der Waals surface area contributed by atoms with Crippen LogP contribution in [0.3, 0.4) is 0 Å². The highest BCUT2D eigenvalue weighted by atomic mass is 16.6. The Bertz CT molecular complexity index is 1890. The van der Waals surface area contributed by atoms with Gasteiger partial charge in [0.2, 0.25) is 5.91 Å². The number of benzene rings is 4. The zero-order chi connectivity index (χ0) is 31.3. The summed E-state index contributed by atoms with van der Waals surface area (Å²) in [6.45, 7) is 0.